The summed E-state index contributed by atoms with van der Waals surface area (Å²) in [6.45, 7) is 10.9. The highest BCUT2D eigenvalue weighted by molar-refractivity contribution is 6.76. The monoisotopic (exact) mass is 261 g/mol. The van der Waals surface area contributed by atoms with E-state index in [1.165, 1.54) is 31.0 Å². The third-order valence-corrected chi connectivity index (χ3v) is 5.43. The molecular formula is C16H27NSi. The first-order valence-electron chi connectivity index (χ1n) is 7.24. The molecule has 1 aromatic carbocycles. The Hall–Kier alpha value is -0.603. The van der Waals surface area contributed by atoms with E-state index in [4.69, 9.17) is 0 Å². The van der Waals surface area contributed by atoms with Gasteiger partial charge in [0.1, 0.15) is 0 Å². The summed E-state index contributed by atoms with van der Waals surface area (Å²) in [5, 5.41) is 3.73. The van der Waals surface area contributed by atoms with Crippen molar-refractivity contribution in [3.05, 3.63) is 35.4 Å². The highest BCUT2D eigenvalue weighted by Crippen LogP contribution is 2.29. The molecule has 1 aliphatic rings. The van der Waals surface area contributed by atoms with Gasteiger partial charge in [-0.3, -0.25) is 0 Å². The summed E-state index contributed by atoms with van der Waals surface area (Å²) in [5.41, 5.74) is 3.02. The van der Waals surface area contributed by atoms with E-state index in [0.29, 0.717) is 5.92 Å². The maximum Gasteiger partial charge on any atom is 0.0449 e. The molecule has 0 saturated heterocycles. The van der Waals surface area contributed by atoms with E-state index in [0.717, 1.165) is 6.04 Å². The van der Waals surface area contributed by atoms with Crippen LogP contribution in [0.5, 0.6) is 0 Å². The molecule has 18 heavy (non-hydrogen) atoms. The minimum absolute atomic E-state index is 0.707. The summed E-state index contributed by atoms with van der Waals surface area (Å²) in [7, 11) is -1.02. The van der Waals surface area contributed by atoms with E-state index in [1.54, 1.807) is 5.56 Å². The second-order valence-corrected chi connectivity index (χ2v) is 12.5. The van der Waals surface area contributed by atoms with Gasteiger partial charge in [-0.2, -0.15) is 0 Å². The SMILES string of the molecule is Cc1ccccc1C(CNC1CC1)C[Si](C)(C)C. The van der Waals surface area contributed by atoms with Gasteiger partial charge in [-0.05, 0) is 42.9 Å². The van der Waals surface area contributed by atoms with Gasteiger partial charge in [-0.1, -0.05) is 43.9 Å². The van der Waals surface area contributed by atoms with E-state index >= 15 is 0 Å². The fourth-order valence-electron chi connectivity index (χ4n) is 2.67. The van der Waals surface area contributed by atoms with Crippen LogP contribution in [-0.4, -0.2) is 20.7 Å². The van der Waals surface area contributed by atoms with E-state index < -0.39 is 8.07 Å². The van der Waals surface area contributed by atoms with Crippen LogP contribution in [0.25, 0.3) is 0 Å². The van der Waals surface area contributed by atoms with Gasteiger partial charge in [0, 0.05) is 20.7 Å². The van der Waals surface area contributed by atoms with E-state index in [9.17, 15) is 0 Å². The van der Waals surface area contributed by atoms with Crippen LogP contribution in [0.2, 0.25) is 25.7 Å². The Kier molecular flexibility index (Phi) is 4.28. The normalized spacial score (nSPS) is 17.8. The molecule has 1 nitrogen and oxygen atoms in total. The second-order valence-electron chi connectivity index (χ2n) is 7.00. The number of benzene rings is 1. The first kappa shape index (κ1) is 13.8. The standard InChI is InChI=1S/C16H27NSi/c1-13-7-5-6-8-16(13)14(12-18(2,3)4)11-17-15-9-10-15/h5-8,14-15,17H,9-12H2,1-4H3. The molecule has 1 saturated carbocycles. The molecule has 2 heteroatoms. The van der Waals surface area contributed by atoms with Crippen LogP contribution < -0.4 is 5.32 Å². The van der Waals surface area contributed by atoms with Crippen molar-refractivity contribution in [1.82, 2.24) is 5.32 Å². The molecule has 0 amide bonds. The lowest BCUT2D eigenvalue weighted by atomic mass is 9.96. The van der Waals surface area contributed by atoms with Crippen LogP contribution in [0.3, 0.4) is 0 Å². The second kappa shape index (κ2) is 5.58. The minimum Gasteiger partial charge on any atom is -0.313 e. The molecule has 1 aromatic rings. The molecule has 1 atom stereocenters. The Morgan fingerprint density at radius 2 is 1.89 bits per heavy atom. The first-order chi connectivity index (χ1) is 8.46. The summed E-state index contributed by atoms with van der Waals surface area (Å²) >= 11 is 0. The van der Waals surface area contributed by atoms with Gasteiger partial charge in [0.2, 0.25) is 0 Å². The van der Waals surface area contributed by atoms with Crippen molar-refractivity contribution in [1.29, 1.82) is 0 Å². The quantitative estimate of drug-likeness (QED) is 0.758. The maximum atomic E-state index is 3.73. The molecule has 0 aliphatic heterocycles. The average Bonchev–Trinajstić information content (AvgIpc) is 3.07. The van der Waals surface area contributed by atoms with Crippen LogP contribution in [0, 0.1) is 6.92 Å². The van der Waals surface area contributed by atoms with Crippen molar-refractivity contribution >= 4 is 8.07 Å². The fraction of sp³-hybridized carbons (Fsp3) is 0.625. The van der Waals surface area contributed by atoms with Gasteiger partial charge in [0.15, 0.2) is 0 Å². The van der Waals surface area contributed by atoms with Crippen molar-refractivity contribution < 1.29 is 0 Å². The summed E-state index contributed by atoms with van der Waals surface area (Å²) < 4.78 is 0. The molecule has 1 aliphatic carbocycles. The zero-order valence-corrected chi connectivity index (χ0v) is 13.3. The van der Waals surface area contributed by atoms with Gasteiger partial charge >= 0.3 is 0 Å². The summed E-state index contributed by atoms with van der Waals surface area (Å²) in [4.78, 5) is 0. The van der Waals surface area contributed by atoms with Gasteiger partial charge < -0.3 is 5.32 Å². The van der Waals surface area contributed by atoms with Crippen molar-refractivity contribution in [2.75, 3.05) is 6.54 Å². The Morgan fingerprint density at radius 3 is 2.44 bits per heavy atom. The Balaban J connectivity index is 2.09. The lowest BCUT2D eigenvalue weighted by Gasteiger charge is -2.26. The first-order valence-corrected chi connectivity index (χ1v) is 11.0. The topological polar surface area (TPSA) is 12.0 Å². The minimum atomic E-state index is -1.02. The van der Waals surface area contributed by atoms with Crippen LogP contribution in [0.4, 0.5) is 0 Å². The molecule has 0 aromatic heterocycles. The summed E-state index contributed by atoms with van der Waals surface area (Å²) in [6, 6.07) is 11.1. The fourth-order valence-corrected chi connectivity index (χ4v) is 4.52. The predicted octanol–water partition coefficient (Wildman–Crippen LogP) is 4.17. The zero-order chi connectivity index (χ0) is 13.2. The van der Waals surface area contributed by atoms with Crippen molar-refractivity contribution in [3.63, 3.8) is 0 Å². The van der Waals surface area contributed by atoms with Crippen LogP contribution in [-0.2, 0) is 0 Å². The number of nitrogens with one attached hydrogen (secondary N) is 1. The van der Waals surface area contributed by atoms with Crippen LogP contribution in [0.15, 0.2) is 24.3 Å². The molecule has 0 radical (unpaired) electrons. The third kappa shape index (κ3) is 4.25. The molecule has 1 unspecified atom stereocenters. The molecule has 1 N–H and O–H groups in total. The molecule has 2 rings (SSSR count). The average molecular weight is 261 g/mol. The van der Waals surface area contributed by atoms with Crippen molar-refractivity contribution in [2.45, 2.75) is 57.4 Å². The van der Waals surface area contributed by atoms with E-state index in [-0.39, 0.29) is 0 Å². The molecular weight excluding hydrogens is 234 g/mol. The van der Waals surface area contributed by atoms with E-state index in [2.05, 4.69) is 56.1 Å². The van der Waals surface area contributed by atoms with Gasteiger partial charge in [-0.25, -0.2) is 0 Å². The van der Waals surface area contributed by atoms with Crippen molar-refractivity contribution in [3.8, 4) is 0 Å². The maximum absolute atomic E-state index is 3.73. The molecule has 100 valence electrons. The van der Waals surface area contributed by atoms with Gasteiger partial charge in [0.05, 0.1) is 0 Å². The Labute approximate surface area is 113 Å². The molecule has 0 bridgehead atoms. The smallest absolute Gasteiger partial charge is 0.0449 e. The lowest BCUT2D eigenvalue weighted by Crippen LogP contribution is -2.30. The van der Waals surface area contributed by atoms with Gasteiger partial charge in [-0.15, -0.1) is 0 Å². The Bertz CT molecular complexity index is 390. The molecule has 1 fully saturated rings. The number of rotatable bonds is 6. The number of hydrogen-bond acceptors (Lipinski definition) is 1. The Morgan fingerprint density at radius 1 is 1.22 bits per heavy atom. The van der Waals surface area contributed by atoms with E-state index in [1.807, 2.05) is 0 Å². The highest BCUT2D eigenvalue weighted by Gasteiger charge is 2.26. The summed E-state index contributed by atoms with van der Waals surface area (Å²) in [5.74, 6) is 0.707. The lowest BCUT2D eigenvalue weighted by molar-refractivity contribution is 0.605. The zero-order valence-electron chi connectivity index (χ0n) is 12.3. The number of hydrogen-bond donors (Lipinski definition) is 1. The van der Waals surface area contributed by atoms with Crippen LogP contribution in [0.1, 0.15) is 29.9 Å². The summed E-state index contributed by atoms with van der Waals surface area (Å²) in [6.07, 6.45) is 2.76. The third-order valence-electron chi connectivity index (χ3n) is 3.72. The van der Waals surface area contributed by atoms with Gasteiger partial charge in [0.25, 0.3) is 0 Å². The van der Waals surface area contributed by atoms with Crippen molar-refractivity contribution in [2.24, 2.45) is 0 Å². The number of aryl methyl sites for hydroxylation is 1. The van der Waals surface area contributed by atoms with Crippen LogP contribution >= 0.6 is 0 Å². The predicted molar refractivity (Wildman–Crippen MR) is 83.1 cm³/mol. The highest BCUT2D eigenvalue weighted by atomic mass is 28.3. The molecule has 0 heterocycles. The molecule has 0 spiro atoms. The largest absolute Gasteiger partial charge is 0.313 e.